The molecule has 0 aliphatic heterocycles. The van der Waals surface area contributed by atoms with E-state index in [4.69, 9.17) is 11.6 Å². The van der Waals surface area contributed by atoms with E-state index in [9.17, 15) is 0 Å². The van der Waals surface area contributed by atoms with Crippen molar-refractivity contribution >= 4 is 11.6 Å². The second-order valence-electron chi connectivity index (χ2n) is 5.47. The summed E-state index contributed by atoms with van der Waals surface area (Å²) in [5.41, 5.74) is 2.67. The van der Waals surface area contributed by atoms with Crippen LogP contribution in [0.25, 0.3) is 0 Å². The van der Waals surface area contributed by atoms with Crippen molar-refractivity contribution in [3.8, 4) is 0 Å². The van der Waals surface area contributed by atoms with E-state index in [-0.39, 0.29) is 0 Å². The van der Waals surface area contributed by atoms with Crippen LogP contribution in [0.1, 0.15) is 25.0 Å². The van der Waals surface area contributed by atoms with E-state index >= 15 is 0 Å². The molecule has 0 atom stereocenters. The monoisotopic (exact) mass is 291 g/mol. The predicted octanol–water partition coefficient (Wildman–Crippen LogP) is 3.37. The molecule has 0 saturated carbocycles. The highest BCUT2D eigenvalue weighted by Gasteiger charge is 2.04. The molecule has 1 aromatic heterocycles. The normalized spacial score (nSPS) is 11.2. The molecule has 0 saturated heterocycles. The summed E-state index contributed by atoms with van der Waals surface area (Å²) in [5.74, 6) is 0.691. The zero-order valence-corrected chi connectivity index (χ0v) is 12.9. The number of hydrogen-bond donors (Lipinski definition) is 1. The van der Waals surface area contributed by atoms with E-state index in [1.807, 2.05) is 10.9 Å². The molecule has 0 fully saturated rings. The summed E-state index contributed by atoms with van der Waals surface area (Å²) in [6.07, 6.45) is 4.57. The standard InChI is InChI=1S/C16H22ClN3/c1-13(2)9-18-8-7-14-5-3-4-6-15(14)11-20-12-16(17)10-19-20/h3-6,10,12-13,18H,7-9,11H2,1-2H3. The van der Waals surface area contributed by atoms with Gasteiger partial charge < -0.3 is 5.32 Å². The highest BCUT2D eigenvalue weighted by Crippen LogP contribution is 2.13. The van der Waals surface area contributed by atoms with Crippen LogP contribution in [0.15, 0.2) is 36.7 Å². The Labute approximate surface area is 126 Å². The number of rotatable bonds is 7. The molecule has 1 N–H and O–H groups in total. The Balaban J connectivity index is 1.95. The Hall–Kier alpha value is -1.32. The molecule has 0 spiro atoms. The highest BCUT2D eigenvalue weighted by atomic mass is 35.5. The quantitative estimate of drug-likeness (QED) is 0.793. The van der Waals surface area contributed by atoms with Gasteiger partial charge in [0.1, 0.15) is 0 Å². The lowest BCUT2D eigenvalue weighted by molar-refractivity contribution is 0.553. The number of benzene rings is 1. The second-order valence-corrected chi connectivity index (χ2v) is 5.91. The summed E-state index contributed by atoms with van der Waals surface area (Å²) in [4.78, 5) is 0. The number of hydrogen-bond acceptors (Lipinski definition) is 2. The molecule has 0 aliphatic rings. The van der Waals surface area contributed by atoms with Crippen molar-refractivity contribution in [3.05, 3.63) is 52.8 Å². The number of nitrogens with one attached hydrogen (secondary N) is 1. The molecule has 2 aromatic rings. The van der Waals surface area contributed by atoms with Gasteiger partial charge in [-0.05, 0) is 36.6 Å². The molecule has 0 amide bonds. The SMILES string of the molecule is CC(C)CNCCc1ccccc1Cn1cc(Cl)cn1. The fourth-order valence-electron chi connectivity index (χ4n) is 2.17. The van der Waals surface area contributed by atoms with E-state index in [0.717, 1.165) is 26.1 Å². The lowest BCUT2D eigenvalue weighted by Gasteiger charge is -2.11. The molecule has 0 aliphatic carbocycles. The van der Waals surface area contributed by atoms with E-state index in [0.29, 0.717) is 10.9 Å². The first kappa shape index (κ1) is 15.1. The van der Waals surface area contributed by atoms with Crippen LogP contribution in [0.4, 0.5) is 0 Å². The molecule has 1 heterocycles. The Morgan fingerprint density at radius 2 is 2.00 bits per heavy atom. The summed E-state index contributed by atoms with van der Waals surface area (Å²) in [7, 11) is 0. The van der Waals surface area contributed by atoms with Gasteiger partial charge in [0.2, 0.25) is 0 Å². The molecule has 0 radical (unpaired) electrons. The molecule has 0 bridgehead atoms. The van der Waals surface area contributed by atoms with Crippen molar-refractivity contribution in [2.75, 3.05) is 13.1 Å². The van der Waals surface area contributed by atoms with Crippen molar-refractivity contribution in [2.24, 2.45) is 5.92 Å². The van der Waals surface area contributed by atoms with E-state index in [2.05, 4.69) is 48.5 Å². The molecular formula is C16H22ClN3. The van der Waals surface area contributed by atoms with E-state index in [1.54, 1.807) is 6.20 Å². The van der Waals surface area contributed by atoms with Gasteiger partial charge in [0.15, 0.2) is 0 Å². The molecule has 108 valence electrons. The molecule has 0 unspecified atom stereocenters. The number of nitrogens with zero attached hydrogens (tertiary/aromatic N) is 2. The summed E-state index contributed by atoms with van der Waals surface area (Å²) in [5, 5.41) is 8.41. The maximum Gasteiger partial charge on any atom is 0.0785 e. The van der Waals surface area contributed by atoms with Crippen LogP contribution >= 0.6 is 11.6 Å². The van der Waals surface area contributed by atoms with Crippen LogP contribution in [0, 0.1) is 5.92 Å². The Bertz CT molecular complexity index is 534. The molecular weight excluding hydrogens is 270 g/mol. The average Bonchev–Trinajstić information content (AvgIpc) is 2.82. The molecule has 20 heavy (non-hydrogen) atoms. The van der Waals surface area contributed by atoms with Crippen LogP contribution in [0.5, 0.6) is 0 Å². The third-order valence-electron chi connectivity index (χ3n) is 3.18. The Morgan fingerprint density at radius 3 is 2.65 bits per heavy atom. The Kier molecular flexibility index (Phi) is 5.62. The zero-order valence-electron chi connectivity index (χ0n) is 12.1. The number of aromatic nitrogens is 2. The van der Waals surface area contributed by atoms with Gasteiger partial charge >= 0.3 is 0 Å². The summed E-state index contributed by atoms with van der Waals surface area (Å²) >= 11 is 5.91. The third-order valence-corrected chi connectivity index (χ3v) is 3.37. The van der Waals surface area contributed by atoms with Crippen molar-refractivity contribution in [3.63, 3.8) is 0 Å². The van der Waals surface area contributed by atoms with Crippen LogP contribution in [0.3, 0.4) is 0 Å². The molecule has 4 heteroatoms. The van der Waals surface area contributed by atoms with Gasteiger partial charge in [0.05, 0.1) is 17.8 Å². The van der Waals surface area contributed by atoms with Gasteiger partial charge in [-0.15, -0.1) is 0 Å². The first-order valence-electron chi connectivity index (χ1n) is 7.10. The van der Waals surface area contributed by atoms with Crippen LogP contribution in [0.2, 0.25) is 5.02 Å². The van der Waals surface area contributed by atoms with Crippen LogP contribution in [-0.4, -0.2) is 22.9 Å². The highest BCUT2D eigenvalue weighted by molar-refractivity contribution is 6.30. The lowest BCUT2D eigenvalue weighted by atomic mass is 10.0. The van der Waals surface area contributed by atoms with Crippen molar-refractivity contribution < 1.29 is 0 Å². The van der Waals surface area contributed by atoms with Crippen LogP contribution < -0.4 is 5.32 Å². The average molecular weight is 292 g/mol. The molecule has 3 nitrogen and oxygen atoms in total. The van der Waals surface area contributed by atoms with Gasteiger partial charge in [-0.25, -0.2) is 0 Å². The minimum absolute atomic E-state index is 0.682. The predicted molar refractivity (Wildman–Crippen MR) is 84.2 cm³/mol. The number of halogens is 1. The zero-order chi connectivity index (χ0) is 14.4. The topological polar surface area (TPSA) is 29.9 Å². The molecule has 1 aromatic carbocycles. The first-order chi connectivity index (χ1) is 9.65. The van der Waals surface area contributed by atoms with Gasteiger partial charge in [-0.2, -0.15) is 5.10 Å². The Morgan fingerprint density at radius 1 is 1.25 bits per heavy atom. The summed E-state index contributed by atoms with van der Waals surface area (Å²) in [6, 6.07) is 8.52. The fourth-order valence-corrected chi connectivity index (χ4v) is 2.33. The van der Waals surface area contributed by atoms with Crippen LogP contribution in [-0.2, 0) is 13.0 Å². The van der Waals surface area contributed by atoms with Gasteiger partial charge in [-0.1, -0.05) is 49.7 Å². The molecule has 2 rings (SSSR count). The van der Waals surface area contributed by atoms with E-state index < -0.39 is 0 Å². The van der Waals surface area contributed by atoms with Crippen molar-refractivity contribution in [2.45, 2.75) is 26.8 Å². The van der Waals surface area contributed by atoms with Gasteiger partial charge in [0, 0.05) is 6.20 Å². The minimum atomic E-state index is 0.682. The van der Waals surface area contributed by atoms with Crippen molar-refractivity contribution in [1.29, 1.82) is 0 Å². The largest absolute Gasteiger partial charge is 0.316 e. The maximum absolute atomic E-state index is 5.91. The second kappa shape index (κ2) is 7.46. The summed E-state index contributed by atoms with van der Waals surface area (Å²) < 4.78 is 1.88. The van der Waals surface area contributed by atoms with E-state index in [1.165, 1.54) is 11.1 Å². The van der Waals surface area contributed by atoms with Gasteiger partial charge in [0.25, 0.3) is 0 Å². The lowest BCUT2D eigenvalue weighted by Crippen LogP contribution is -2.22. The van der Waals surface area contributed by atoms with Gasteiger partial charge in [-0.3, -0.25) is 4.68 Å². The van der Waals surface area contributed by atoms with Crippen molar-refractivity contribution in [1.82, 2.24) is 15.1 Å². The first-order valence-corrected chi connectivity index (χ1v) is 7.48. The fraction of sp³-hybridized carbons (Fsp3) is 0.438. The smallest absolute Gasteiger partial charge is 0.0785 e. The third kappa shape index (κ3) is 4.66. The summed E-state index contributed by atoms with van der Waals surface area (Å²) in [6.45, 7) is 7.30. The maximum atomic E-state index is 5.91. The minimum Gasteiger partial charge on any atom is -0.316 e.